The van der Waals surface area contributed by atoms with Gasteiger partial charge in [0.05, 0.1) is 6.20 Å². The van der Waals surface area contributed by atoms with Crippen LogP contribution in [0.3, 0.4) is 0 Å². The number of piperidine rings is 1. The van der Waals surface area contributed by atoms with Crippen molar-refractivity contribution in [2.24, 2.45) is 0 Å². The third kappa shape index (κ3) is 3.43. The summed E-state index contributed by atoms with van der Waals surface area (Å²) in [6.45, 7) is 3.31. The molecule has 1 aromatic carbocycles. The largest absolute Gasteiger partial charge is 0.505 e. The van der Waals surface area contributed by atoms with Crippen molar-refractivity contribution in [2.45, 2.75) is 25.7 Å². The van der Waals surface area contributed by atoms with Gasteiger partial charge < -0.3 is 10.0 Å². The normalized spacial score (nSPS) is 17.1. The summed E-state index contributed by atoms with van der Waals surface area (Å²) >= 11 is 0. The zero-order valence-corrected chi connectivity index (χ0v) is 15.2. The highest BCUT2D eigenvalue weighted by Crippen LogP contribution is 2.33. The summed E-state index contributed by atoms with van der Waals surface area (Å²) in [5.74, 6) is -0.131. The van der Waals surface area contributed by atoms with E-state index in [2.05, 4.69) is 46.4 Å². The lowest BCUT2D eigenvalue weighted by Gasteiger charge is -2.32. The van der Waals surface area contributed by atoms with Crippen LogP contribution >= 0.6 is 0 Å². The zero-order chi connectivity index (χ0) is 18.8. The molecule has 0 bridgehead atoms. The SMILES string of the molecule is Cc1ccc(-c2cn[nH]c2[C@H]2CCCN(C(=O)c3ncccc3O)C2)cc1. The minimum Gasteiger partial charge on any atom is -0.505 e. The van der Waals surface area contributed by atoms with Crippen LogP contribution in [0.25, 0.3) is 11.1 Å². The maximum absolute atomic E-state index is 12.8. The number of aromatic hydroxyl groups is 1. The summed E-state index contributed by atoms with van der Waals surface area (Å²) in [6.07, 6.45) is 5.26. The summed E-state index contributed by atoms with van der Waals surface area (Å²) in [5.41, 5.74) is 4.58. The molecule has 138 valence electrons. The van der Waals surface area contributed by atoms with Crippen molar-refractivity contribution in [3.63, 3.8) is 0 Å². The molecule has 0 spiro atoms. The first-order valence-electron chi connectivity index (χ1n) is 9.17. The lowest BCUT2D eigenvalue weighted by atomic mass is 9.90. The van der Waals surface area contributed by atoms with Gasteiger partial charge in [-0.1, -0.05) is 29.8 Å². The number of aromatic amines is 1. The second-order valence-electron chi connectivity index (χ2n) is 7.02. The Morgan fingerprint density at radius 3 is 2.85 bits per heavy atom. The number of aryl methyl sites for hydroxylation is 1. The van der Waals surface area contributed by atoms with Crippen LogP contribution in [-0.2, 0) is 0 Å². The zero-order valence-electron chi connectivity index (χ0n) is 15.2. The van der Waals surface area contributed by atoms with Gasteiger partial charge in [-0.15, -0.1) is 0 Å². The summed E-state index contributed by atoms with van der Waals surface area (Å²) in [5, 5.41) is 17.4. The van der Waals surface area contributed by atoms with Crippen LogP contribution in [-0.4, -0.2) is 44.2 Å². The Balaban J connectivity index is 1.58. The van der Waals surface area contributed by atoms with Gasteiger partial charge in [-0.2, -0.15) is 5.10 Å². The Morgan fingerprint density at radius 2 is 2.07 bits per heavy atom. The van der Waals surface area contributed by atoms with E-state index in [1.165, 1.54) is 17.8 Å². The number of hydrogen-bond donors (Lipinski definition) is 2. The smallest absolute Gasteiger partial charge is 0.276 e. The van der Waals surface area contributed by atoms with Crippen molar-refractivity contribution in [3.05, 3.63) is 65.7 Å². The molecular weight excluding hydrogens is 340 g/mol. The first kappa shape index (κ1) is 17.3. The van der Waals surface area contributed by atoms with Gasteiger partial charge in [0.1, 0.15) is 5.75 Å². The Bertz CT molecular complexity index is 949. The third-order valence-corrected chi connectivity index (χ3v) is 5.14. The van der Waals surface area contributed by atoms with Gasteiger partial charge in [0.2, 0.25) is 0 Å². The molecule has 1 aliphatic heterocycles. The summed E-state index contributed by atoms with van der Waals surface area (Å²) in [4.78, 5) is 18.6. The summed E-state index contributed by atoms with van der Waals surface area (Å²) < 4.78 is 0. The van der Waals surface area contributed by atoms with Gasteiger partial charge in [-0.25, -0.2) is 4.98 Å². The predicted molar refractivity (Wildman–Crippen MR) is 103 cm³/mol. The molecule has 6 nitrogen and oxygen atoms in total. The summed E-state index contributed by atoms with van der Waals surface area (Å²) in [7, 11) is 0. The fourth-order valence-electron chi connectivity index (χ4n) is 3.68. The fourth-order valence-corrected chi connectivity index (χ4v) is 3.68. The van der Waals surface area contributed by atoms with Crippen molar-refractivity contribution < 1.29 is 9.90 Å². The molecule has 1 atom stereocenters. The van der Waals surface area contributed by atoms with Gasteiger partial charge in [0.25, 0.3) is 5.91 Å². The number of aromatic nitrogens is 3. The monoisotopic (exact) mass is 362 g/mol. The maximum Gasteiger partial charge on any atom is 0.276 e. The second-order valence-corrected chi connectivity index (χ2v) is 7.02. The number of carbonyl (C=O) groups excluding carboxylic acids is 1. The van der Waals surface area contributed by atoms with E-state index in [4.69, 9.17) is 0 Å². The van der Waals surface area contributed by atoms with Gasteiger partial charge >= 0.3 is 0 Å². The predicted octanol–water partition coefficient (Wildman–Crippen LogP) is 3.51. The minimum atomic E-state index is -0.228. The Labute approximate surface area is 157 Å². The molecule has 3 aromatic rings. The molecule has 0 aliphatic carbocycles. The average Bonchev–Trinajstić information content (AvgIpc) is 3.18. The molecule has 2 N–H and O–H groups in total. The number of likely N-dealkylation sites (tertiary alicyclic amines) is 1. The number of hydrogen-bond acceptors (Lipinski definition) is 4. The quantitative estimate of drug-likeness (QED) is 0.747. The molecule has 1 fully saturated rings. The molecule has 27 heavy (non-hydrogen) atoms. The molecule has 3 heterocycles. The van der Waals surface area contributed by atoms with E-state index in [1.807, 2.05) is 6.20 Å². The van der Waals surface area contributed by atoms with Gasteiger partial charge in [0, 0.05) is 36.5 Å². The van der Waals surface area contributed by atoms with E-state index < -0.39 is 0 Å². The highest BCUT2D eigenvalue weighted by Gasteiger charge is 2.29. The minimum absolute atomic E-state index is 0.0773. The molecule has 2 aromatic heterocycles. The number of nitrogens with zero attached hydrogens (tertiary/aromatic N) is 3. The molecule has 1 aliphatic rings. The molecule has 6 heteroatoms. The number of nitrogens with one attached hydrogen (secondary N) is 1. The van der Waals surface area contributed by atoms with E-state index in [-0.39, 0.29) is 23.3 Å². The van der Waals surface area contributed by atoms with Crippen molar-refractivity contribution >= 4 is 5.91 Å². The first-order valence-corrected chi connectivity index (χ1v) is 9.17. The molecule has 0 unspecified atom stereocenters. The Hall–Kier alpha value is -3.15. The van der Waals surface area contributed by atoms with Crippen LogP contribution < -0.4 is 0 Å². The van der Waals surface area contributed by atoms with E-state index in [9.17, 15) is 9.90 Å². The number of carbonyl (C=O) groups is 1. The molecule has 0 radical (unpaired) electrons. The summed E-state index contributed by atoms with van der Waals surface area (Å²) in [6, 6.07) is 11.5. The molecular formula is C21H22N4O2. The number of rotatable bonds is 3. The standard InChI is InChI=1S/C21H22N4O2/c1-14-6-8-15(9-7-14)17-12-23-24-19(17)16-4-3-11-25(13-16)21(27)20-18(26)5-2-10-22-20/h2,5-10,12,16,26H,3-4,11,13H2,1H3,(H,23,24)/t16-/m0/s1. The molecule has 1 amide bonds. The Kier molecular flexibility index (Phi) is 4.62. The molecule has 4 rings (SSSR count). The second kappa shape index (κ2) is 7.23. The lowest BCUT2D eigenvalue weighted by molar-refractivity contribution is 0.0696. The van der Waals surface area contributed by atoms with Crippen LogP contribution in [0.1, 0.15) is 40.5 Å². The maximum atomic E-state index is 12.8. The first-order chi connectivity index (χ1) is 13.1. The average molecular weight is 362 g/mol. The van der Waals surface area contributed by atoms with E-state index in [1.54, 1.807) is 11.0 Å². The molecule has 0 saturated carbocycles. The van der Waals surface area contributed by atoms with Crippen molar-refractivity contribution in [1.29, 1.82) is 0 Å². The number of H-pyrrole nitrogens is 1. The van der Waals surface area contributed by atoms with Crippen molar-refractivity contribution in [2.75, 3.05) is 13.1 Å². The number of benzene rings is 1. The fraction of sp³-hybridized carbons (Fsp3) is 0.286. The van der Waals surface area contributed by atoms with E-state index in [0.29, 0.717) is 13.1 Å². The van der Waals surface area contributed by atoms with Crippen molar-refractivity contribution in [3.8, 4) is 16.9 Å². The van der Waals surface area contributed by atoms with Crippen molar-refractivity contribution in [1.82, 2.24) is 20.1 Å². The van der Waals surface area contributed by atoms with Crippen LogP contribution in [0.5, 0.6) is 5.75 Å². The topological polar surface area (TPSA) is 82.1 Å². The Morgan fingerprint density at radius 1 is 1.26 bits per heavy atom. The van der Waals surface area contributed by atoms with Crippen LogP contribution in [0.15, 0.2) is 48.8 Å². The number of amides is 1. The van der Waals surface area contributed by atoms with Gasteiger partial charge in [-0.3, -0.25) is 9.89 Å². The van der Waals surface area contributed by atoms with Crippen LogP contribution in [0.2, 0.25) is 0 Å². The highest BCUT2D eigenvalue weighted by molar-refractivity contribution is 5.94. The van der Waals surface area contributed by atoms with Gasteiger partial charge in [0.15, 0.2) is 5.69 Å². The third-order valence-electron chi connectivity index (χ3n) is 5.14. The van der Waals surface area contributed by atoms with Gasteiger partial charge in [-0.05, 0) is 37.5 Å². The lowest BCUT2D eigenvalue weighted by Crippen LogP contribution is -2.39. The number of pyridine rings is 1. The van der Waals surface area contributed by atoms with E-state index >= 15 is 0 Å². The molecule has 1 saturated heterocycles. The van der Waals surface area contributed by atoms with Crippen LogP contribution in [0.4, 0.5) is 0 Å². The van der Waals surface area contributed by atoms with E-state index in [0.717, 1.165) is 29.7 Å². The highest BCUT2D eigenvalue weighted by atomic mass is 16.3. The van der Waals surface area contributed by atoms with Crippen LogP contribution in [0, 0.1) is 6.92 Å².